The Kier molecular flexibility index (Phi) is 6.34. The van der Waals surface area contributed by atoms with Crippen molar-refractivity contribution in [1.82, 2.24) is 4.90 Å². The Bertz CT molecular complexity index is 784. The molecule has 28 heavy (non-hydrogen) atoms. The van der Waals surface area contributed by atoms with Crippen LogP contribution in [0.4, 0.5) is 23.7 Å². The van der Waals surface area contributed by atoms with Gasteiger partial charge in [-0.25, -0.2) is 4.79 Å². The van der Waals surface area contributed by atoms with Gasteiger partial charge in [-0.2, -0.15) is 13.2 Å². The van der Waals surface area contributed by atoms with Crippen LogP contribution in [0.2, 0.25) is 5.02 Å². The summed E-state index contributed by atoms with van der Waals surface area (Å²) in [5.74, 6) is 0. The van der Waals surface area contributed by atoms with Crippen LogP contribution in [0.25, 0.3) is 0 Å². The van der Waals surface area contributed by atoms with Gasteiger partial charge in [0.2, 0.25) is 0 Å². The molecule has 150 valence electrons. The molecule has 1 N–H and O–H groups in total. The summed E-state index contributed by atoms with van der Waals surface area (Å²) < 4.78 is 45.9. The number of carbonyl (C=O) groups excluding carboxylic acids is 1. The zero-order valence-corrected chi connectivity index (χ0v) is 15.7. The highest BCUT2D eigenvalue weighted by Crippen LogP contribution is 2.33. The lowest BCUT2D eigenvalue weighted by Crippen LogP contribution is -2.55. The van der Waals surface area contributed by atoms with Crippen LogP contribution < -0.4 is 5.32 Å². The number of hydrogen-bond donors (Lipinski definition) is 1. The molecule has 1 saturated heterocycles. The summed E-state index contributed by atoms with van der Waals surface area (Å²) in [4.78, 5) is 13.1. The minimum Gasteiger partial charge on any atom is -0.445 e. The molecule has 0 aromatic heterocycles. The highest BCUT2D eigenvalue weighted by Gasteiger charge is 2.49. The summed E-state index contributed by atoms with van der Waals surface area (Å²) in [7, 11) is 0. The van der Waals surface area contributed by atoms with Gasteiger partial charge in [-0.1, -0.05) is 41.9 Å². The van der Waals surface area contributed by atoms with Gasteiger partial charge in [0.05, 0.1) is 0 Å². The van der Waals surface area contributed by atoms with Crippen LogP contribution in [0.3, 0.4) is 0 Å². The third kappa shape index (κ3) is 5.32. The summed E-state index contributed by atoms with van der Waals surface area (Å²) in [5.41, 5.74) is 1.41. The lowest BCUT2D eigenvalue weighted by atomic mass is 9.96. The summed E-state index contributed by atoms with van der Waals surface area (Å²) in [6.07, 6.45) is -5.34. The quantitative estimate of drug-likeness (QED) is 0.722. The third-order valence-electron chi connectivity index (χ3n) is 4.63. The molecule has 2 atom stereocenters. The van der Waals surface area contributed by atoms with Gasteiger partial charge >= 0.3 is 12.3 Å². The van der Waals surface area contributed by atoms with E-state index in [1.165, 1.54) is 0 Å². The van der Waals surface area contributed by atoms with Crippen LogP contribution in [0.5, 0.6) is 0 Å². The smallest absolute Gasteiger partial charge is 0.410 e. The molecule has 1 aliphatic heterocycles. The van der Waals surface area contributed by atoms with E-state index < -0.39 is 24.4 Å². The maximum Gasteiger partial charge on any atom is 0.410 e. The van der Waals surface area contributed by atoms with Crippen LogP contribution in [-0.4, -0.2) is 35.8 Å². The van der Waals surface area contributed by atoms with Crippen molar-refractivity contribution in [3.8, 4) is 0 Å². The first-order valence-electron chi connectivity index (χ1n) is 8.89. The zero-order chi connectivity index (χ0) is 20.1. The molecule has 1 amide bonds. The minimum atomic E-state index is -4.54. The third-order valence-corrected chi connectivity index (χ3v) is 4.89. The van der Waals surface area contributed by atoms with Crippen LogP contribution in [0.15, 0.2) is 54.6 Å². The maximum absolute atomic E-state index is 13.6. The number of alkyl halides is 3. The zero-order valence-electron chi connectivity index (χ0n) is 15.0. The molecule has 0 radical (unpaired) electrons. The first-order chi connectivity index (χ1) is 13.3. The molecule has 4 nitrogen and oxygen atoms in total. The number of hydrogen-bond acceptors (Lipinski definition) is 3. The van der Waals surface area contributed by atoms with Gasteiger partial charge < -0.3 is 10.1 Å². The van der Waals surface area contributed by atoms with E-state index >= 15 is 0 Å². The number of carbonyl (C=O) groups is 1. The van der Waals surface area contributed by atoms with Crippen molar-refractivity contribution in [2.45, 2.75) is 37.7 Å². The number of piperidine rings is 1. The molecule has 3 rings (SSSR count). The predicted octanol–water partition coefficient (Wildman–Crippen LogP) is 5.48. The number of halogens is 4. The Balaban J connectivity index is 1.63. The van der Waals surface area contributed by atoms with Crippen LogP contribution in [0, 0.1) is 0 Å². The lowest BCUT2D eigenvalue weighted by Gasteiger charge is -2.40. The van der Waals surface area contributed by atoms with Crippen molar-refractivity contribution in [2.75, 3.05) is 11.9 Å². The number of ether oxygens (including phenoxy) is 1. The summed E-state index contributed by atoms with van der Waals surface area (Å²) >= 11 is 5.83. The van der Waals surface area contributed by atoms with Crippen molar-refractivity contribution in [3.63, 3.8) is 0 Å². The summed E-state index contributed by atoms with van der Waals surface area (Å²) in [6.45, 7) is -0.101. The number of rotatable bonds is 4. The summed E-state index contributed by atoms with van der Waals surface area (Å²) in [5, 5.41) is 3.64. The average molecular weight is 413 g/mol. The highest BCUT2D eigenvalue weighted by atomic mass is 35.5. The first-order valence-corrected chi connectivity index (χ1v) is 9.27. The van der Waals surface area contributed by atoms with Gasteiger partial charge in [0.15, 0.2) is 0 Å². The molecule has 2 aromatic carbocycles. The molecule has 1 fully saturated rings. The molecule has 0 bridgehead atoms. The van der Waals surface area contributed by atoms with E-state index in [0.29, 0.717) is 17.1 Å². The molecule has 2 aromatic rings. The fourth-order valence-corrected chi connectivity index (χ4v) is 3.34. The predicted molar refractivity (Wildman–Crippen MR) is 101 cm³/mol. The molecule has 8 heteroatoms. The number of anilines is 1. The van der Waals surface area contributed by atoms with E-state index in [4.69, 9.17) is 16.3 Å². The minimum absolute atomic E-state index is 0.0386. The van der Waals surface area contributed by atoms with Crippen molar-refractivity contribution in [3.05, 3.63) is 65.2 Å². The SMILES string of the molecule is O=C(OCc1ccccc1)N1CC[C@H](Nc2ccc(Cl)cc2)C[C@@H]1C(F)(F)F. The average Bonchev–Trinajstić information content (AvgIpc) is 2.68. The Labute approximate surface area is 166 Å². The molecule has 0 spiro atoms. The molecule has 1 heterocycles. The lowest BCUT2D eigenvalue weighted by molar-refractivity contribution is -0.186. The first kappa shape index (κ1) is 20.3. The molecule has 1 aliphatic rings. The Morgan fingerprint density at radius 1 is 1.14 bits per heavy atom. The Morgan fingerprint density at radius 3 is 2.46 bits per heavy atom. The summed E-state index contributed by atoms with van der Waals surface area (Å²) in [6, 6.07) is 13.3. The largest absolute Gasteiger partial charge is 0.445 e. The van der Waals surface area contributed by atoms with Crippen molar-refractivity contribution >= 4 is 23.4 Å². The van der Waals surface area contributed by atoms with Gasteiger partial charge in [0, 0.05) is 23.3 Å². The second-order valence-electron chi connectivity index (χ2n) is 6.66. The van der Waals surface area contributed by atoms with E-state index in [1.807, 2.05) is 6.07 Å². The Hall–Kier alpha value is -2.41. The van der Waals surface area contributed by atoms with Crippen LogP contribution in [-0.2, 0) is 11.3 Å². The van der Waals surface area contributed by atoms with Gasteiger partial charge in [-0.05, 0) is 42.7 Å². The monoisotopic (exact) mass is 412 g/mol. The number of nitrogens with zero attached hydrogens (tertiary/aromatic N) is 1. The second kappa shape index (κ2) is 8.73. The fourth-order valence-electron chi connectivity index (χ4n) is 3.21. The molecule has 0 aliphatic carbocycles. The van der Waals surface area contributed by atoms with Crippen molar-refractivity contribution in [1.29, 1.82) is 0 Å². The van der Waals surface area contributed by atoms with Gasteiger partial charge in [-0.3, -0.25) is 4.90 Å². The fraction of sp³-hybridized carbons (Fsp3) is 0.350. The van der Waals surface area contributed by atoms with E-state index in [9.17, 15) is 18.0 Å². The number of nitrogens with one attached hydrogen (secondary N) is 1. The highest BCUT2D eigenvalue weighted by molar-refractivity contribution is 6.30. The number of benzene rings is 2. The van der Waals surface area contributed by atoms with E-state index in [0.717, 1.165) is 10.5 Å². The molecule has 0 saturated carbocycles. The van der Waals surface area contributed by atoms with Crippen molar-refractivity contribution in [2.24, 2.45) is 0 Å². The molecular weight excluding hydrogens is 393 g/mol. The number of likely N-dealkylation sites (tertiary alicyclic amines) is 1. The van der Waals surface area contributed by atoms with Gasteiger partial charge in [-0.15, -0.1) is 0 Å². The van der Waals surface area contributed by atoms with Crippen molar-refractivity contribution < 1.29 is 22.7 Å². The van der Waals surface area contributed by atoms with E-state index in [-0.39, 0.29) is 19.6 Å². The van der Waals surface area contributed by atoms with Gasteiger partial charge in [0.25, 0.3) is 0 Å². The standard InChI is InChI=1S/C20H20ClF3N2O2/c21-15-6-8-16(9-7-15)25-17-10-11-26(18(12-17)20(22,23)24)19(27)28-13-14-4-2-1-3-5-14/h1-9,17-18,25H,10-13H2/t17-,18+/m0/s1. The number of amides is 1. The maximum atomic E-state index is 13.6. The van der Waals surface area contributed by atoms with Gasteiger partial charge in [0.1, 0.15) is 12.6 Å². The van der Waals surface area contributed by atoms with Crippen LogP contribution >= 0.6 is 11.6 Å². The van der Waals surface area contributed by atoms with Crippen LogP contribution in [0.1, 0.15) is 18.4 Å². The Morgan fingerprint density at radius 2 is 1.82 bits per heavy atom. The molecule has 0 unspecified atom stereocenters. The van der Waals surface area contributed by atoms with E-state index in [2.05, 4.69) is 5.32 Å². The topological polar surface area (TPSA) is 41.6 Å². The normalized spacial score (nSPS) is 19.9. The second-order valence-corrected chi connectivity index (χ2v) is 7.10. The molecular formula is C20H20ClF3N2O2. The van der Waals surface area contributed by atoms with E-state index in [1.54, 1.807) is 48.5 Å².